The van der Waals surface area contributed by atoms with Crippen molar-refractivity contribution < 1.29 is 22.7 Å². The first-order valence-electron chi connectivity index (χ1n) is 9.51. The number of carbonyl (C=O) groups is 1. The van der Waals surface area contributed by atoms with Crippen molar-refractivity contribution in [1.29, 1.82) is 0 Å². The molecule has 0 radical (unpaired) electrons. The topological polar surface area (TPSA) is 67.0 Å². The van der Waals surface area contributed by atoms with Gasteiger partial charge in [0, 0.05) is 35.9 Å². The molecule has 4 aromatic rings. The molecule has 2 heterocycles. The van der Waals surface area contributed by atoms with E-state index < -0.39 is 11.7 Å². The maximum atomic E-state index is 12.6. The monoisotopic (exact) mass is 425 g/mol. The fourth-order valence-corrected chi connectivity index (χ4v) is 3.13. The predicted molar refractivity (Wildman–Crippen MR) is 111 cm³/mol. The van der Waals surface area contributed by atoms with Gasteiger partial charge in [0.1, 0.15) is 5.75 Å². The van der Waals surface area contributed by atoms with Gasteiger partial charge in [-0.05, 0) is 48.0 Å². The normalized spacial score (nSPS) is 11.5. The molecule has 8 heteroatoms. The second-order valence-corrected chi connectivity index (χ2v) is 6.90. The number of aromatic nitrogens is 2. The van der Waals surface area contributed by atoms with Gasteiger partial charge in [-0.1, -0.05) is 12.1 Å². The third kappa shape index (κ3) is 4.85. The molecule has 0 fully saturated rings. The van der Waals surface area contributed by atoms with Gasteiger partial charge in [-0.25, -0.2) is 0 Å². The lowest BCUT2D eigenvalue weighted by atomic mass is 10.1. The summed E-state index contributed by atoms with van der Waals surface area (Å²) in [4.78, 5) is 19.4. The number of anilines is 1. The number of amides is 1. The first kappa shape index (κ1) is 20.5. The molecule has 2 N–H and O–H groups in total. The van der Waals surface area contributed by atoms with Crippen molar-refractivity contribution in [2.24, 2.45) is 0 Å². The van der Waals surface area contributed by atoms with Gasteiger partial charge >= 0.3 is 6.18 Å². The van der Waals surface area contributed by atoms with Crippen LogP contribution in [0.3, 0.4) is 0 Å². The van der Waals surface area contributed by atoms with Gasteiger partial charge in [-0.15, -0.1) is 0 Å². The zero-order valence-electron chi connectivity index (χ0n) is 16.2. The minimum atomic E-state index is -4.34. The van der Waals surface area contributed by atoms with Crippen LogP contribution in [0.4, 0.5) is 18.9 Å². The van der Waals surface area contributed by atoms with E-state index in [1.807, 2.05) is 6.07 Å². The van der Waals surface area contributed by atoms with Crippen molar-refractivity contribution >= 4 is 22.5 Å². The molecule has 0 aliphatic heterocycles. The summed E-state index contributed by atoms with van der Waals surface area (Å²) in [6.45, 7) is 0.304. The van der Waals surface area contributed by atoms with Crippen LogP contribution in [0.15, 0.2) is 73.2 Å². The quantitative estimate of drug-likeness (QED) is 0.431. The molecule has 0 bridgehead atoms. The van der Waals surface area contributed by atoms with Gasteiger partial charge in [0.2, 0.25) is 0 Å². The third-order valence-electron chi connectivity index (χ3n) is 4.77. The highest BCUT2D eigenvalue weighted by molar-refractivity contribution is 6.09. The number of rotatable bonds is 6. The van der Waals surface area contributed by atoms with Crippen LogP contribution in [0.2, 0.25) is 0 Å². The summed E-state index contributed by atoms with van der Waals surface area (Å²) in [7, 11) is 0. The maximum Gasteiger partial charge on any atom is 0.416 e. The lowest BCUT2D eigenvalue weighted by Gasteiger charge is -2.09. The molecule has 31 heavy (non-hydrogen) atoms. The van der Waals surface area contributed by atoms with Crippen LogP contribution in [0.1, 0.15) is 21.5 Å². The average molecular weight is 425 g/mol. The number of nitrogens with zero attached hydrogens (tertiary/aromatic N) is 1. The van der Waals surface area contributed by atoms with E-state index in [0.29, 0.717) is 30.0 Å². The predicted octanol–water partition coefficient (Wildman–Crippen LogP) is 5.46. The van der Waals surface area contributed by atoms with E-state index in [-0.39, 0.29) is 5.91 Å². The Morgan fingerprint density at radius 3 is 2.61 bits per heavy atom. The molecule has 1 amide bonds. The van der Waals surface area contributed by atoms with Crippen LogP contribution < -0.4 is 10.1 Å². The van der Waals surface area contributed by atoms with Crippen molar-refractivity contribution in [3.8, 4) is 5.75 Å². The summed E-state index contributed by atoms with van der Waals surface area (Å²) in [6, 6.07) is 13.8. The largest absolute Gasteiger partial charge is 0.493 e. The fraction of sp³-hybridized carbons (Fsp3) is 0.130. The summed E-state index contributed by atoms with van der Waals surface area (Å²) in [5.74, 6) is 0.318. The minimum Gasteiger partial charge on any atom is -0.493 e. The molecular formula is C23H18F3N3O2. The van der Waals surface area contributed by atoms with Crippen LogP contribution in [0.5, 0.6) is 5.75 Å². The number of hydrogen-bond acceptors (Lipinski definition) is 3. The number of carbonyl (C=O) groups excluding carboxylic acids is 1. The number of halogens is 3. The Hall–Kier alpha value is -3.81. The number of H-pyrrole nitrogens is 1. The molecule has 158 valence electrons. The first-order chi connectivity index (χ1) is 14.9. The van der Waals surface area contributed by atoms with Gasteiger partial charge in [0.15, 0.2) is 0 Å². The van der Waals surface area contributed by atoms with Gasteiger partial charge in [-0.2, -0.15) is 13.2 Å². The number of fused-ring (bicyclic) bond motifs is 1. The standard InChI is InChI=1S/C23H18F3N3O2/c24-23(25,26)17-5-3-15(4-6-17)9-11-31-18-7-8-20-19(12-18)21(14-28-20)29-22(30)16-2-1-10-27-13-16/h1-8,10,12-14,28H,9,11H2,(H,29,30). The number of aromatic amines is 1. The molecule has 0 unspecified atom stereocenters. The smallest absolute Gasteiger partial charge is 0.416 e. The molecule has 4 rings (SSSR count). The van der Waals surface area contributed by atoms with Crippen LogP contribution >= 0.6 is 0 Å². The van der Waals surface area contributed by atoms with Crippen LogP contribution in [-0.4, -0.2) is 22.5 Å². The Morgan fingerprint density at radius 2 is 1.90 bits per heavy atom. The summed E-state index contributed by atoms with van der Waals surface area (Å²) in [5, 5.41) is 3.63. The van der Waals surface area contributed by atoms with Gasteiger partial charge in [0.25, 0.3) is 5.91 Å². The molecule has 0 aliphatic carbocycles. The molecular weight excluding hydrogens is 407 g/mol. The van der Waals surface area contributed by atoms with Crippen molar-refractivity contribution in [3.05, 3.63) is 89.9 Å². The number of nitrogens with one attached hydrogen (secondary N) is 2. The molecule has 0 saturated heterocycles. The van der Waals surface area contributed by atoms with Gasteiger partial charge < -0.3 is 15.0 Å². The number of ether oxygens (including phenoxy) is 1. The molecule has 2 aromatic heterocycles. The minimum absolute atomic E-state index is 0.275. The van der Waals surface area contributed by atoms with E-state index in [4.69, 9.17) is 4.74 Å². The van der Waals surface area contributed by atoms with Crippen molar-refractivity contribution in [3.63, 3.8) is 0 Å². The third-order valence-corrected chi connectivity index (χ3v) is 4.77. The second kappa shape index (κ2) is 8.51. The van der Waals surface area contributed by atoms with Gasteiger partial charge in [-0.3, -0.25) is 9.78 Å². The Bertz CT molecular complexity index is 1190. The summed E-state index contributed by atoms with van der Waals surface area (Å²) in [6.07, 6.45) is 0.903. The molecule has 0 spiro atoms. The summed E-state index contributed by atoms with van der Waals surface area (Å²) in [5.41, 5.74) is 1.96. The molecule has 0 atom stereocenters. The Kier molecular flexibility index (Phi) is 5.62. The van der Waals surface area contributed by atoms with Crippen molar-refractivity contribution in [1.82, 2.24) is 9.97 Å². The Balaban J connectivity index is 1.41. The summed E-state index contributed by atoms with van der Waals surface area (Å²) >= 11 is 0. The highest BCUT2D eigenvalue weighted by Crippen LogP contribution is 2.30. The highest BCUT2D eigenvalue weighted by Gasteiger charge is 2.29. The van der Waals surface area contributed by atoms with Gasteiger partial charge in [0.05, 0.1) is 23.4 Å². The first-order valence-corrected chi connectivity index (χ1v) is 9.51. The lowest BCUT2D eigenvalue weighted by Crippen LogP contribution is -2.11. The molecule has 2 aromatic carbocycles. The maximum absolute atomic E-state index is 12.6. The van der Waals surface area contributed by atoms with Crippen LogP contribution in [0, 0.1) is 0 Å². The lowest BCUT2D eigenvalue weighted by molar-refractivity contribution is -0.137. The summed E-state index contributed by atoms with van der Waals surface area (Å²) < 4.78 is 43.7. The number of benzene rings is 2. The fourth-order valence-electron chi connectivity index (χ4n) is 3.13. The van der Waals surface area contributed by atoms with E-state index >= 15 is 0 Å². The SMILES string of the molecule is O=C(Nc1c[nH]c2ccc(OCCc3ccc(C(F)(F)F)cc3)cc12)c1cccnc1. The van der Waals surface area contributed by atoms with Crippen LogP contribution in [0.25, 0.3) is 10.9 Å². The van der Waals surface area contributed by atoms with Crippen molar-refractivity contribution in [2.75, 3.05) is 11.9 Å². The van der Waals surface area contributed by atoms with Crippen molar-refractivity contribution in [2.45, 2.75) is 12.6 Å². The highest BCUT2D eigenvalue weighted by atomic mass is 19.4. The Morgan fingerprint density at radius 1 is 1.10 bits per heavy atom. The zero-order chi connectivity index (χ0) is 21.8. The van der Waals surface area contributed by atoms with E-state index in [9.17, 15) is 18.0 Å². The number of pyridine rings is 1. The van der Waals surface area contributed by atoms with E-state index in [1.54, 1.807) is 36.7 Å². The molecule has 5 nitrogen and oxygen atoms in total. The van der Waals surface area contributed by atoms with Crippen LogP contribution in [-0.2, 0) is 12.6 Å². The Labute approximate surface area is 175 Å². The van der Waals surface area contributed by atoms with E-state index in [2.05, 4.69) is 15.3 Å². The second-order valence-electron chi connectivity index (χ2n) is 6.90. The van der Waals surface area contributed by atoms with E-state index in [0.717, 1.165) is 28.6 Å². The number of alkyl halides is 3. The average Bonchev–Trinajstić information content (AvgIpc) is 3.16. The van der Waals surface area contributed by atoms with E-state index in [1.165, 1.54) is 18.3 Å². The number of hydrogen-bond donors (Lipinski definition) is 2. The molecule has 0 saturated carbocycles. The molecule has 0 aliphatic rings. The zero-order valence-corrected chi connectivity index (χ0v) is 16.2.